The SMILES string of the molecule is CC(C)(C)OC(=O)CN=CCCCC1OCCO1. The lowest BCUT2D eigenvalue weighted by Gasteiger charge is -2.18. The maximum atomic E-state index is 11.3. The quantitative estimate of drug-likeness (QED) is 0.414. The van der Waals surface area contributed by atoms with Gasteiger partial charge in [0, 0.05) is 0 Å². The second-order valence-electron chi connectivity index (χ2n) is 5.21. The first kappa shape index (κ1) is 15.1. The number of carbonyl (C=O) groups is 1. The van der Waals surface area contributed by atoms with Crippen molar-refractivity contribution in [2.24, 2.45) is 4.99 Å². The largest absolute Gasteiger partial charge is 0.459 e. The van der Waals surface area contributed by atoms with E-state index in [4.69, 9.17) is 14.2 Å². The predicted octanol–water partition coefficient (Wildman–Crippen LogP) is 1.94. The molecular formula is C13H23NO4. The molecule has 0 aromatic heterocycles. The molecule has 1 saturated heterocycles. The minimum absolute atomic E-state index is 0.0516. The van der Waals surface area contributed by atoms with E-state index >= 15 is 0 Å². The van der Waals surface area contributed by atoms with E-state index in [1.165, 1.54) is 0 Å². The Bertz CT molecular complexity index is 277. The number of aliphatic imine (C=N–C) groups is 1. The number of hydrogen-bond donors (Lipinski definition) is 0. The lowest BCUT2D eigenvalue weighted by atomic mass is 10.2. The molecule has 18 heavy (non-hydrogen) atoms. The van der Waals surface area contributed by atoms with Crippen LogP contribution in [0.25, 0.3) is 0 Å². The molecule has 0 atom stereocenters. The first-order chi connectivity index (χ1) is 8.47. The summed E-state index contributed by atoms with van der Waals surface area (Å²) in [6, 6.07) is 0. The van der Waals surface area contributed by atoms with Gasteiger partial charge in [-0.05, 0) is 46.2 Å². The van der Waals surface area contributed by atoms with Crippen molar-refractivity contribution >= 4 is 12.2 Å². The van der Waals surface area contributed by atoms with Crippen molar-refractivity contribution in [3.8, 4) is 0 Å². The smallest absolute Gasteiger partial charge is 0.328 e. The molecule has 0 spiro atoms. The van der Waals surface area contributed by atoms with Gasteiger partial charge in [-0.1, -0.05) is 0 Å². The molecule has 0 bridgehead atoms. The highest BCUT2D eigenvalue weighted by molar-refractivity contribution is 5.74. The van der Waals surface area contributed by atoms with Crippen molar-refractivity contribution in [1.82, 2.24) is 0 Å². The van der Waals surface area contributed by atoms with Gasteiger partial charge in [0.2, 0.25) is 0 Å². The Hall–Kier alpha value is -0.940. The summed E-state index contributed by atoms with van der Waals surface area (Å²) < 4.78 is 15.8. The van der Waals surface area contributed by atoms with Crippen molar-refractivity contribution < 1.29 is 19.0 Å². The fourth-order valence-corrected chi connectivity index (χ4v) is 1.55. The molecule has 0 radical (unpaired) electrons. The molecule has 1 rings (SSSR count). The monoisotopic (exact) mass is 257 g/mol. The zero-order valence-corrected chi connectivity index (χ0v) is 11.5. The standard InChI is InChI=1S/C13H23NO4/c1-13(2,3)18-11(15)10-14-7-5-4-6-12-16-8-9-17-12/h7,12H,4-6,8-10H2,1-3H3. The highest BCUT2D eigenvalue weighted by Crippen LogP contribution is 2.10. The van der Waals surface area contributed by atoms with E-state index in [1.807, 2.05) is 20.8 Å². The summed E-state index contributed by atoms with van der Waals surface area (Å²) in [6.07, 6.45) is 4.36. The van der Waals surface area contributed by atoms with Crippen molar-refractivity contribution in [2.45, 2.75) is 51.9 Å². The fraction of sp³-hybridized carbons (Fsp3) is 0.846. The number of carbonyl (C=O) groups excluding carboxylic acids is 1. The minimum Gasteiger partial charge on any atom is -0.459 e. The van der Waals surface area contributed by atoms with E-state index in [2.05, 4.69) is 4.99 Å². The van der Waals surface area contributed by atoms with Gasteiger partial charge in [-0.2, -0.15) is 0 Å². The summed E-state index contributed by atoms with van der Waals surface area (Å²) >= 11 is 0. The Labute approximate surface area is 109 Å². The second-order valence-corrected chi connectivity index (χ2v) is 5.21. The van der Waals surface area contributed by atoms with Gasteiger partial charge in [0.25, 0.3) is 0 Å². The van der Waals surface area contributed by atoms with Crippen LogP contribution in [0.4, 0.5) is 0 Å². The predicted molar refractivity (Wildman–Crippen MR) is 68.7 cm³/mol. The average molecular weight is 257 g/mol. The minimum atomic E-state index is -0.441. The third-order valence-corrected chi connectivity index (χ3v) is 2.23. The Morgan fingerprint density at radius 1 is 1.39 bits per heavy atom. The molecule has 0 amide bonds. The van der Waals surface area contributed by atoms with Gasteiger partial charge in [-0.15, -0.1) is 0 Å². The van der Waals surface area contributed by atoms with Gasteiger partial charge in [0.15, 0.2) is 6.29 Å². The molecule has 0 unspecified atom stereocenters. The summed E-state index contributed by atoms with van der Waals surface area (Å²) in [5.41, 5.74) is -0.441. The highest BCUT2D eigenvalue weighted by atomic mass is 16.7. The summed E-state index contributed by atoms with van der Waals surface area (Å²) in [5, 5.41) is 0. The molecule has 0 aromatic rings. The van der Waals surface area contributed by atoms with Crippen LogP contribution in [0.1, 0.15) is 40.0 Å². The number of ether oxygens (including phenoxy) is 3. The van der Waals surface area contributed by atoms with Crippen molar-refractivity contribution in [3.05, 3.63) is 0 Å². The topological polar surface area (TPSA) is 57.1 Å². The third-order valence-electron chi connectivity index (χ3n) is 2.23. The van der Waals surface area contributed by atoms with Gasteiger partial charge in [0.1, 0.15) is 12.1 Å². The van der Waals surface area contributed by atoms with Gasteiger partial charge in [0.05, 0.1) is 13.2 Å². The highest BCUT2D eigenvalue weighted by Gasteiger charge is 2.15. The zero-order valence-electron chi connectivity index (χ0n) is 11.5. The molecule has 1 aliphatic rings. The van der Waals surface area contributed by atoms with Gasteiger partial charge in [-0.3, -0.25) is 9.79 Å². The van der Waals surface area contributed by atoms with Crippen LogP contribution in [0.5, 0.6) is 0 Å². The number of esters is 1. The van der Waals surface area contributed by atoms with E-state index in [0.717, 1.165) is 19.3 Å². The van der Waals surface area contributed by atoms with Crippen LogP contribution in [-0.2, 0) is 19.0 Å². The van der Waals surface area contributed by atoms with E-state index < -0.39 is 5.60 Å². The molecule has 0 aliphatic carbocycles. The molecule has 1 aliphatic heterocycles. The van der Waals surface area contributed by atoms with Crippen LogP contribution in [0.2, 0.25) is 0 Å². The van der Waals surface area contributed by atoms with E-state index in [1.54, 1.807) is 6.21 Å². The van der Waals surface area contributed by atoms with Crippen LogP contribution in [0.15, 0.2) is 4.99 Å². The molecule has 0 aromatic carbocycles. The van der Waals surface area contributed by atoms with Crippen LogP contribution >= 0.6 is 0 Å². The summed E-state index contributed by atoms with van der Waals surface area (Å²) in [5.74, 6) is -0.291. The molecule has 1 heterocycles. The first-order valence-electron chi connectivity index (χ1n) is 6.41. The van der Waals surface area contributed by atoms with E-state index in [0.29, 0.717) is 13.2 Å². The van der Waals surface area contributed by atoms with E-state index in [-0.39, 0.29) is 18.8 Å². The van der Waals surface area contributed by atoms with Crippen molar-refractivity contribution in [3.63, 3.8) is 0 Å². The lowest BCUT2D eigenvalue weighted by Crippen LogP contribution is -2.25. The summed E-state index contributed by atoms with van der Waals surface area (Å²) in [4.78, 5) is 15.4. The van der Waals surface area contributed by atoms with E-state index in [9.17, 15) is 4.79 Å². The van der Waals surface area contributed by atoms with Gasteiger partial charge < -0.3 is 14.2 Å². The zero-order chi connectivity index (χ0) is 13.4. The number of nitrogens with zero attached hydrogens (tertiary/aromatic N) is 1. The molecule has 5 nitrogen and oxygen atoms in total. The number of rotatable bonds is 6. The molecular weight excluding hydrogens is 234 g/mol. The van der Waals surface area contributed by atoms with Crippen LogP contribution in [0, 0.1) is 0 Å². The molecule has 5 heteroatoms. The number of unbranched alkanes of at least 4 members (excludes halogenated alkanes) is 1. The van der Waals surface area contributed by atoms with Crippen LogP contribution in [-0.4, -0.2) is 43.8 Å². The Balaban J connectivity index is 2.01. The summed E-state index contributed by atoms with van der Waals surface area (Å²) in [6.45, 7) is 7.01. The third kappa shape index (κ3) is 7.40. The van der Waals surface area contributed by atoms with Gasteiger partial charge in [-0.25, -0.2) is 0 Å². The van der Waals surface area contributed by atoms with Crippen LogP contribution in [0.3, 0.4) is 0 Å². The molecule has 0 N–H and O–H groups in total. The molecule has 104 valence electrons. The number of hydrogen-bond acceptors (Lipinski definition) is 5. The molecule has 1 fully saturated rings. The fourth-order valence-electron chi connectivity index (χ4n) is 1.55. The van der Waals surface area contributed by atoms with Gasteiger partial charge >= 0.3 is 5.97 Å². The Kier molecular flexibility index (Phi) is 6.29. The maximum absolute atomic E-state index is 11.3. The maximum Gasteiger partial charge on any atom is 0.328 e. The normalized spacial score (nSPS) is 17.5. The molecule has 0 saturated carbocycles. The average Bonchev–Trinajstić information content (AvgIpc) is 2.73. The van der Waals surface area contributed by atoms with Crippen molar-refractivity contribution in [2.75, 3.05) is 19.8 Å². The first-order valence-corrected chi connectivity index (χ1v) is 6.41. The Morgan fingerprint density at radius 2 is 2.06 bits per heavy atom. The second kappa shape index (κ2) is 7.48. The van der Waals surface area contributed by atoms with Crippen LogP contribution < -0.4 is 0 Å². The van der Waals surface area contributed by atoms with Crippen molar-refractivity contribution in [1.29, 1.82) is 0 Å². The summed E-state index contributed by atoms with van der Waals surface area (Å²) in [7, 11) is 0. The Morgan fingerprint density at radius 3 is 2.67 bits per heavy atom. The lowest BCUT2D eigenvalue weighted by molar-refractivity contribution is -0.152.